The summed E-state index contributed by atoms with van der Waals surface area (Å²) in [7, 11) is 0. The van der Waals surface area contributed by atoms with Crippen LogP contribution >= 0.6 is 11.9 Å². The van der Waals surface area contributed by atoms with E-state index in [9.17, 15) is 4.39 Å². The van der Waals surface area contributed by atoms with Gasteiger partial charge >= 0.3 is 0 Å². The van der Waals surface area contributed by atoms with E-state index in [1.54, 1.807) is 6.07 Å². The van der Waals surface area contributed by atoms with E-state index in [0.29, 0.717) is 6.04 Å². The molecular formula is C19H17FN2OS. The van der Waals surface area contributed by atoms with Crippen molar-refractivity contribution < 1.29 is 9.13 Å². The third kappa shape index (κ3) is 2.35. The van der Waals surface area contributed by atoms with Crippen LogP contribution in [-0.4, -0.2) is 28.5 Å². The van der Waals surface area contributed by atoms with Crippen molar-refractivity contribution in [3.05, 3.63) is 54.0 Å². The number of rotatable bonds is 2. The summed E-state index contributed by atoms with van der Waals surface area (Å²) in [5, 5.41) is 1.06. The van der Waals surface area contributed by atoms with Gasteiger partial charge < -0.3 is 9.72 Å². The van der Waals surface area contributed by atoms with Gasteiger partial charge in [0.25, 0.3) is 0 Å². The van der Waals surface area contributed by atoms with Gasteiger partial charge in [-0.1, -0.05) is 6.07 Å². The van der Waals surface area contributed by atoms with Gasteiger partial charge in [-0.25, -0.2) is 8.70 Å². The zero-order valence-electron chi connectivity index (χ0n) is 13.1. The summed E-state index contributed by atoms with van der Waals surface area (Å²) in [6.07, 6.45) is 3.08. The van der Waals surface area contributed by atoms with Crippen molar-refractivity contribution in [2.75, 3.05) is 13.2 Å². The van der Waals surface area contributed by atoms with Crippen LogP contribution < -0.4 is 0 Å². The fourth-order valence-electron chi connectivity index (χ4n) is 3.58. The average Bonchev–Trinajstić information content (AvgIpc) is 3.32. The Morgan fingerprint density at radius 3 is 3.04 bits per heavy atom. The van der Waals surface area contributed by atoms with Crippen LogP contribution in [-0.2, 0) is 11.3 Å². The van der Waals surface area contributed by atoms with Gasteiger partial charge in [-0.15, -0.1) is 0 Å². The molecule has 2 aliphatic heterocycles. The standard InChI is InChI=1S/C19H17FN2OS/c20-14-2-3-16-17(9-21-18(16)8-14)12-1-4-19-13(7-12)10-22(24-19)15-5-6-23-11-15/h1-4,7-9,15,21H,5-6,10-11H2/t15-/m1/s1. The molecule has 3 nitrogen and oxygen atoms in total. The molecule has 5 heteroatoms. The molecule has 2 aliphatic rings. The monoisotopic (exact) mass is 340 g/mol. The van der Waals surface area contributed by atoms with E-state index in [0.717, 1.165) is 42.6 Å². The zero-order chi connectivity index (χ0) is 16.1. The van der Waals surface area contributed by atoms with Crippen LogP contribution in [0.2, 0.25) is 0 Å². The minimum atomic E-state index is -0.212. The fraction of sp³-hybridized carbons (Fsp3) is 0.263. The molecule has 0 unspecified atom stereocenters. The first kappa shape index (κ1) is 14.5. The number of aromatic amines is 1. The number of H-pyrrole nitrogens is 1. The summed E-state index contributed by atoms with van der Waals surface area (Å²) >= 11 is 1.84. The van der Waals surface area contributed by atoms with Crippen LogP contribution in [0.5, 0.6) is 0 Å². The molecule has 0 aliphatic carbocycles. The molecule has 1 N–H and O–H groups in total. The van der Waals surface area contributed by atoms with Crippen LogP contribution in [0.15, 0.2) is 47.5 Å². The molecule has 24 heavy (non-hydrogen) atoms. The second kappa shape index (κ2) is 5.62. The highest BCUT2D eigenvalue weighted by atomic mass is 32.2. The third-order valence-corrected chi connectivity index (χ3v) is 6.13. The number of nitrogens with zero attached hydrogens (tertiary/aromatic N) is 1. The molecule has 122 valence electrons. The van der Waals surface area contributed by atoms with E-state index in [1.807, 2.05) is 24.2 Å². The van der Waals surface area contributed by atoms with Gasteiger partial charge in [0.2, 0.25) is 0 Å². The zero-order valence-corrected chi connectivity index (χ0v) is 13.9. The quantitative estimate of drug-likeness (QED) is 0.692. The molecule has 5 rings (SSSR count). The van der Waals surface area contributed by atoms with Crippen molar-refractivity contribution in [1.82, 2.24) is 9.29 Å². The molecule has 0 radical (unpaired) electrons. The van der Waals surface area contributed by atoms with Gasteiger partial charge in [0.15, 0.2) is 0 Å². The van der Waals surface area contributed by atoms with Crippen molar-refractivity contribution in [3.63, 3.8) is 0 Å². The predicted octanol–water partition coefficient (Wildman–Crippen LogP) is 4.59. The van der Waals surface area contributed by atoms with Gasteiger partial charge in [0.1, 0.15) is 5.82 Å². The molecule has 1 atom stereocenters. The Morgan fingerprint density at radius 1 is 1.21 bits per heavy atom. The lowest BCUT2D eigenvalue weighted by Gasteiger charge is -2.19. The number of hydrogen-bond acceptors (Lipinski definition) is 3. The van der Waals surface area contributed by atoms with Crippen molar-refractivity contribution in [1.29, 1.82) is 0 Å². The third-order valence-electron chi connectivity index (χ3n) is 4.87. The first-order chi connectivity index (χ1) is 11.8. The number of aromatic nitrogens is 1. The van der Waals surface area contributed by atoms with Crippen molar-refractivity contribution in [2.24, 2.45) is 0 Å². The van der Waals surface area contributed by atoms with E-state index in [1.165, 1.54) is 22.1 Å². The Kier molecular flexibility index (Phi) is 3.40. The minimum Gasteiger partial charge on any atom is -0.380 e. The maximum absolute atomic E-state index is 13.4. The van der Waals surface area contributed by atoms with E-state index < -0.39 is 0 Å². The van der Waals surface area contributed by atoms with Crippen molar-refractivity contribution in [3.8, 4) is 11.1 Å². The summed E-state index contributed by atoms with van der Waals surface area (Å²) in [6.45, 7) is 2.66. The molecule has 0 spiro atoms. The maximum atomic E-state index is 13.4. The summed E-state index contributed by atoms with van der Waals surface area (Å²) in [5.74, 6) is -0.212. The van der Waals surface area contributed by atoms with Crippen LogP contribution in [0.4, 0.5) is 4.39 Å². The Balaban J connectivity index is 1.49. The molecule has 0 amide bonds. The highest BCUT2D eigenvalue weighted by Gasteiger charge is 2.29. The largest absolute Gasteiger partial charge is 0.380 e. The van der Waals surface area contributed by atoms with Gasteiger partial charge in [0.05, 0.1) is 6.61 Å². The molecule has 2 aromatic carbocycles. The molecule has 3 aromatic rings. The average molecular weight is 340 g/mol. The molecule has 3 heterocycles. The van der Waals surface area contributed by atoms with Gasteiger partial charge in [-0.2, -0.15) is 0 Å². The number of fused-ring (bicyclic) bond motifs is 2. The van der Waals surface area contributed by atoms with Crippen LogP contribution in [0.1, 0.15) is 12.0 Å². The maximum Gasteiger partial charge on any atom is 0.125 e. The summed E-state index contributed by atoms with van der Waals surface area (Å²) in [6, 6.07) is 12.1. The molecule has 1 aromatic heterocycles. The number of hydrogen-bond donors (Lipinski definition) is 1. The second-order valence-electron chi connectivity index (χ2n) is 6.40. The smallest absolute Gasteiger partial charge is 0.125 e. The number of nitrogens with one attached hydrogen (secondary N) is 1. The Bertz CT molecular complexity index is 917. The summed E-state index contributed by atoms with van der Waals surface area (Å²) < 4.78 is 21.3. The SMILES string of the molecule is Fc1ccc2c(-c3ccc4c(c3)CN([C@@H]3CCOC3)S4)c[nH]c2c1. The molecule has 1 fully saturated rings. The van der Waals surface area contributed by atoms with E-state index in [-0.39, 0.29) is 5.82 Å². The van der Waals surface area contributed by atoms with Crippen LogP contribution in [0.25, 0.3) is 22.0 Å². The van der Waals surface area contributed by atoms with Gasteiger partial charge in [0, 0.05) is 46.8 Å². The fourth-order valence-corrected chi connectivity index (χ4v) is 4.72. The van der Waals surface area contributed by atoms with E-state index in [2.05, 4.69) is 27.5 Å². The lowest BCUT2D eigenvalue weighted by atomic mass is 10.0. The van der Waals surface area contributed by atoms with Crippen LogP contribution in [0.3, 0.4) is 0 Å². The van der Waals surface area contributed by atoms with Gasteiger partial charge in [-0.05, 0) is 59.8 Å². The lowest BCUT2D eigenvalue weighted by Crippen LogP contribution is -2.26. The number of ether oxygens (including phenoxy) is 1. The number of halogens is 1. The summed E-state index contributed by atoms with van der Waals surface area (Å²) in [5.41, 5.74) is 4.50. The second-order valence-corrected chi connectivity index (χ2v) is 7.49. The Hall–Kier alpha value is -1.82. The molecule has 0 bridgehead atoms. The topological polar surface area (TPSA) is 28.3 Å². The summed E-state index contributed by atoms with van der Waals surface area (Å²) in [4.78, 5) is 4.51. The Labute approximate surface area is 143 Å². The normalized spacial score (nSPS) is 20.8. The molecule has 1 saturated heterocycles. The Morgan fingerprint density at radius 2 is 2.17 bits per heavy atom. The highest BCUT2D eigenvalue weighted by Crippen LogP contribution is 2.41. The molecule has 0 saturated carbocycles. The minimum absolute atomic E-state index is 0.212. The van der Waals surface area contributed by atoms with Crippen molar-refractivity contribution in [2.45, 2.75) is 23.9 Å². The highest BCUT2D eigenvalue weighted by molar-refractivity contribution is 7.97. The predicted molar refractivity (Wildman–Crippen MR) is 94.3 cm³/mol. The van der Waals surface area contributed by atoms with Crippen LogP contribution in [0, 0.1) is 5.82 Å². The van der Waals surface area contributed by atoms with Crippen molar-refractivity contribution >= 4 is 22.9 Å². The van der Waals surface area contributed by atoms with Gasteiger partial charge in [-0.3, -0.25) is 0 Å². The van der Waals surface area contributed by atoms with E-state index in [4.69, 9.17) is 4.74 Å². The first-order valence-electron chi connectivity index (χ1n) is 8.20. The van der Waals surface area contributed by atoms with E-state index >= 15 is 0 Å². The lowest BCUT2D eigenvalue weighted by molar-refractivity contribution is 0.178. The first-order valence-corrected chi connectivity index (χ1v) is 8.97. The molecular weight excluding hydrogens is 323 g/mol. The number of benzene rings is 2.